The van der Waals surface area contributed by atoms with Crippen LogP contribution in [0.5, 0.6) is 0 Å². The number of hydrogen-bond acceptors (Lipinski definition) is 4. The molecule has 3 heterocycles. The fraction of sp³-hybridized carbons (Fsp3) is 0.421. The van der Waals surface area contributed by atoms with Crippen molar-refractivity contribution >= 4 is 29.0 Å². The van der Waals surface area contributed by atoms with Crippen molar-refractivity contribution in [3.8, 4) is 0 Å². The molecule has 0 bridgehead atoms. The lowest BCUT2D eigenvalue weighted by Crippen LogP contribution is -2.29. The minimum atomic E-state index is -0.0687. The van der Waals surface area contributed by atoms with Crippen LogP contribution in [-0.2, 0) is 16.6 Å². The molecule has 7 heteroatoms. The van der Waals surface area contributed by atoms with Gasteiger partial charge in [0.2, 0.25) is 5.96 Å². The van der Waals surface area contributed by atoms with Crippen molar-refractivity contribution in [1.29, 1.82) is 0 Å². The lowest BCUT2D eigenvalue weighted by Gasteiger charge is -2.20. The summed E-state index contributed by atoms with van der Waals surface area (Å²) < 4.78 is 7.35. The van der Waals surface area contributed by atoms with Gasteiger partial charge in [0.25, 0.3) is 5.91 Å². The molecule has 7 nitrogen and oxygen atoms in total. The third kappa shape index (κ3) is 3.22. The molecule has 0 radical (unpaired) electrons. The van der Waals surface area contributed by atoms with Crippen LogP contribution in [0.4, 0.5) is 0 Å². The number of aliphatic imine (C=N–C) groups is 1. The van der Waals surface area contributed by atoms with Gasteiger partial charge in [-0.2, -0.15) is 0 Å². The standard InChI is InChI=1S/C19H23N5O2/c1-23-12-21-15-4-3-14(10-17(15)23)9-16-18(25)24(2)19(22-16)20-11-13-5-7-26-8-6-13/h3-4,9-10,12-13H,5-8,11H2,1-2H3,(H,20,22)/b16-9-. The molecule has 0 unspecified atom stereocenters. The Kier molecular flexibility index (Phi) is 4.46. The fourth-order valence-electron chi connectivity index (χ4n) is 3.32. The third-order valence-corrected chi connectivity index (χ3v) is 5.00. The molecule has 0 aliphatic carbocycles. The van der Waals surface area contributed by atoms with E-state index in [2.05, 4.69) is 15.3 Å². The molecular formula is C19H23N5O2. The van der Waals surface area contributed by atoms with E-state index in [1.54, 1.807) is 18.3 Å². The predicted molar refractivity (Wildman–Crippen MR) is 100 cm³/mol. The molecule has 2 aliphatic heterocycles. The van der Waals surface area contributed by atoms with Crippen molar-refractivity contribution in [2.45, 2.75) is 12.8 Å². The summed E-state index contributed by atoms with van der Waals surface area (Å²) >= 11 is 0. The number of nitrogens with one attached hydrogen (secondary N) is 1. The lowest BCUT2D eigenvalue weighted by atomic mass is 10.0. The largest absolute Gasteiger partial charge is 0.381 e. The summed E-state index contributed by atoms with van der Waals surface area (Å²) in [4.78, 5) is 23.1. The summed E-state index contributed by atoms with van der Waals surface area (Å²) in [5, 5.41) is 3.17. The van der Waals surface area contributed by atoms with E-state index in [9.17, 15) is 4.79 Å². The second-order valence-corrected chi connectivity index (χ2v) is 6.87. The number of benzene rings is 1. The van der Waals surface area contributed by atoms with Gasteiger partial charge in [-0.15, -0.1) is 0 Å². The number of aryl methyl sites for hydroxylation is 1. The molecule has 26 heavy (non-hydrogen) atoms. The molecule has 4 rings (SSSR count). The van der Waals surface area contributed by atoms with Crippen LogP contribution < -0.4 is 5.32 Å². The molecule has 0 saturated carbocycles. The Bertz CT molecular complexity index is 892. The van der Waals surface area contributed by atoms with Crippen molar-refractivity contribution in [1.82, 2.24) is 19.8 Å². The zero-order valence-electron chi connectivity index (χ0n) is 15.1. The zero-order chi connectivity index (χ0) is 18.1. The Balaban J connectivity index is 1.53. The van der Waals surface area contributed by atoms with E-state index < -0.39 is 0 Å². The second kappa shape index (κ2) is 6.92. The van der Waals surface area contributed by atoms with E-state index in [0.29, 0.717) is 17.6 Å². The number of nitrogens with zero attached hydrogens (tertiary/aromatic N) is 4. The summed E-state index contributed by atoms with van der Waals surface area (Å²) in [7, 11) is 3.71. The van der Waals surface area contributed by atoms with Gasteiger partial charge in [0.1, 0.15) is 5.70 Å². The quantitative estimate of drug-likeness (QED) is 0.854. The van der Waals surface area contributed by atoms with Crippen molar-refractivity contribution in [2.24, 2.45) is 18.0 Å². The second-order valence-electron chi connectivity index (χ2n) is 6.87. The summed E-state index contributed by atoms with van der Waals surface area (Å²) in [6.07, 6.45) is 5.71. The molecule has 2 saturated heterocycles. The van der Waals surface area contributed by atoms with Gasteiger partial charge >= 0.3 is 0 Å². The van der Waals surface area contributed by atoms with E-state index >= 15 is 0 Å². The normalized spacial score (nSPS) is 21.9. The number of carbonyl (C=O) groups is 1. The average Bonchev–Trinajstić information content (AvgIpc) is 3.16. The van der Waals surface area contributed by atoms with Crippen LogP contribution in [0.25, 0.3) is 17.1 Å². The minimum Gasteiger partial charge on any atom is -0.381 e. The number of rotatable bonds is 3. The Morgan fingerprint density at radius 1 is 1.35 bits per heavy atom. The smallest absolute Gasteiger partial charge is 0.276 e. The van der Waals surface area contributed by atoms with Crippen LogP contribution in [0.2, 0.25) is 0 Å². The molecule has 2 fully saturated rings. The van der Waals surface area contributed by atoms with Gasteiger partial charge in [-0.25, -0.2) is 4.98 Å². The molecular weight excluding hydrogens is 330 g/mol. The first-order valence-corrected chi connectivity index (χ1v) is 8.92. The predicted octanol–water partition coefficient (Wildman–Crippen LogP) is 1.76. The maximum atomic E-state index is 12.5. The maximum Gasteiger partial charge on any atom is 0.276 e. The highest BCUT2D eigenvalue weighted by Crippen LogP contribution is 2.19. The van der Waals surface area contributed by atoms with E-state index in [-0.39, 0.29) is 5.91 Å². The first kappa shape index (κ1) is 16.8. The highest BCUT2D eigenvalue weighted by atomic mass is 16.5. The Hall–Kier alpha value is -2.67. The first-order chi connectivity index (χ1) is 12.6. The Labute approximate surface area is 152 Å². The van der Waals surface area contributed by atoms with Gasteiger partial charge in [-0.05, 0) is 42.5 Å². The van der Waals surface area contributed by atoms with Crippen LogP contribution in [0.15, 0.2) is 35.2 Å². The highest BCUT2D eigenvalue weighted by molar-refractivity contribution is 6.15. The maximum absolute atomic E-state index is 12.5. The van der Waals surface area contributed by atoms with Crippen molar-refractivity contribution in [2.75, 3.05) is 26.8 Å². The molecule has 1 aromatic heterocycles. The number of likely N-dealkylation sites (N-methyl/N-ethyl adjacent to an activating group) is 1. The number of imidazole rings is 1. The monoisotopic (exact) mass is 353 g/mol. The number of fused-ring (bicyclic) bond motifs is 1. The van der Waals surface area contributed by atoms with E-state index in [1.807, 2.05) is 35.9 Å². The van der Waals surface area contributed by atoms with Gasteiger partial charge in [-0.1, -0.05) is 6.07 Å². The van der Waals surface area contributed by atoms with E-state index in [4.69, 9.17) is 4.74 Å². The molecule has 1 N–H and O–H groups in total. The summed E-state index contributed by atoms with van der Waals surface area (Å²) in [6.45, 7) is 2.33. The van der Waals surface area contributed by atoms with Gasteiger partial charge in [-0.3, -0.25) is 14.7 Å². The Morgan fingerprint density at radius 3 is 2.96 bits per heavy atom. The van der Waals surface area contributed by atoms with Crippen molar-refractivity contribution < 1.29 is 9.53 Å². The molecule has 0 spiro atoms. The summed E-state index contributed by atoms with van der Waals surface area (Å²) in [5.41, 5.74) is 3.47. The lowest BCUT2D eigenvalue weighted by molar-refractivity contribution is -0.121. The third-order valence-electron chi connectivity index (χ3n) is 5.00. The van der Waals surface area contributed by atoms with Gasteiger partial charge < -0.3 is 14.6 Å². The average molecular weight is 353 g/mol. The van der Waals surface area contributed by atoms with Gasteiger partial charge in [0.05, 0.1) is 17.4 Å². The highest BCUT2D eigenvalue weighted by Gasteiger charge is 2.28. The van der Waals surface area contributed by atoms with Crippen molar-refractivity contribution in [3.63, 3.8) is 0 Å². The van der Waals surface area contributed by atoms with Crippen LogP contribution in [0, 0.1) is 5.92 Å². The number of guanidine groups is 1. The number of carbonyl (C=O) groups excluding carboxylic acids is 1. The number of aromatic nitrogens is 2. The topological polar surface area (TPSA) is 71.8 Å². The van der Waals surface area contributed by atoms with Crippen LogP contribution in [0.3, 0.4) is 0 Å². The van der Waals surface area contributed by atoms with Gasteiger partial charge in [0.15, 0.2) is 0 Å². The minimum absolute atomic E-state index is 0.0687. The summed E-state index contributed by atoms with van der Waals surface area (Å²) in [6, 6.07) is 5.96. The summed E-state index contributed by atoms with van der Waals surface area (Å²) in [5.74, 6) is 1.08. The van der Waals surface area contributed by atoms with Crippen molar-refractivity contribution in [3.05, 3.63) is 35.8 Å². The molecule has 0 atom stereocenters. The van der Waals surface area contributed by atoms with Crippen LogP contribution in [0.1, 0.15) is 18.4 Å². The molecule has 2 aromatic rings. The van der Waals surface area contributed by atoms with E-state index in [1.165, 1.54) is 0 Å². The molecule has 1 amide bonds. The molecule has 136 valence electrons. The SMILES string of the molecule is CN1C(=O)/C(=C/c2ccc3ncn(C)c3c2)NC1=NCC1CCOCC1. The molecule has 2 aliphatic rings. The molecule has 1 aromatic carbocycles. The zero-order valence-corrected chi connectivity index (χ0v) is 15.1. The number of hydrogen-bond donors (Lipinski definition) is 1. The fourth-order valence-corrected chi connectivity index (χ4v) is 3.32. The number of ether oxygens (including phenoxy) is 1. The van der Waals surface area contributed by atoms with Gasteiger partial charge in [0, 0.05) is 33.9 Å². The number of amides is 1. The van der Waals surface area contributed by atoms with E-state index in [0.717, 1.165) is 49.2 Å². The Morgan fingerprint density at radius 2 is 2.15 bits per heavy atom. The van der Waals surface area contributed by atoms with Crippen LogP contribution in [-0.4, -0.2) is 53.1 Å². The van der Waals surface area contributed by atoms with Crippen LogP contribution >= 0.6 is 0 Å². The first-order valence-electron chi connectivity index (χ1n) is 8.92.